The smallest absolute Gasteiger partial charge is 0.0195 e. The molecule has 0 N–H and O–H groups in total. The first-order valence-electron chi connectivity index (χ1n) is 5.55. The molecule has 0 radical (unpaired) electrons. The molecule has 3 unspecified atom stereocenters. The molecule has 2 rings (SSSR count). The van der Waals surface area contributed by atoms with Crippen molar-refractivity contribution in [3.63, 3.8) is 0 Å². The van der Waals surface area contributed by atoms with Gasteiger partial charge in [-0.2, -0.15) is 0 Å². The van der Waals surface area contributed by atoms with Gasteiger partial charge in [0.1, 0.15) is 0 Å². The van der Waals surface area contributed by atoms with Crippen LogP contribution in [0.3, 0.4) is 0 Å². The van der Waals surface area contributed by atoms with Crippen LogP contribution in [0.15, 0.2) is 11.6 Å². The molecular formula is C12H20. The van der Waals surface area contributed by atoms with Crippen molar-refractivity contribution in [1.82, 2.24) is 0 Å². The van der Waals surface area contributed by atoms with Crippen LogP contribution in [-0.4, -0.2) is 0 Å². The van der Waals surface area contributed by atoms with Crippen molar-refractivity contribution in [3.8, 4) is 0 Å². The number of rotatable bonds is 3. The third-order valence-electron chi connectivity index (χ3n) is 3.77. The highest BCUT2D eigenvalue weighted by Gasteiger charge is 2.38. The van der Waals surface area contributed by atoms with E-state index in [1.165, 1.54) is 32.1 Å². The predicted octanol–water partition coefficient (Wildman–Crippen LogP) is 3.78. The summed E-state index contributed by atoms with van der Waals surface area (Å²) >= 11 is 0. The van der Waals surface area contributed by atoms with Crippen molar-refractivity contribution in [2.75, 3.05) is 0 Å². The first kappa shape index (κ1) is 8.34. The van der Waals surface area contributed by atoms with Crippen LogP contribution >= 0.6 is 0 Å². The fourth-order valence-electron chi connectivity index (χ4n) is 3.18. The molecule has 2 bridgehead atoms. The monoisotopic (exact) mass is 164 g/mol. The Balaban J connectivity index is 2.00. The Bertz CT molecular complexity index is 190. The van der Waals surface area contributed by atoms with E-state index in [2.05, 4.69) is 19.9 Å². The molecule has 1 saturated carbocycles. The molecule has 0 aliphatic heterocycles. The summed E-state index contributed by atoms with van der Waals surface area (Å²) in [6, 6.07) is 0. The molecule has 2 aliphatic carbocycles. The Hall–Kier alpha value is -0.260. The third kappa shape index (κ3) is 1.22. The molecule has 1 fully saturated rings. The number of fused-ring (bicyclic) bond motifs is 2. The van der Waals surface area contributed by atoms with Gasteiger partial charge in [-0.25, -0.2) is 0 Å². The van der Waals surface area contributed by atoms with Crippen LogP contribution in [0.4, 0.5) is 0 Å². The van der Waals surface area contributed by atoms with Gasteiger partial charge in [-0.1, -0.05) is 38.3 Å². The van der Waals surface area contributed by atoms with Crippen molar-refractivity contribution in [2.24, 2.45) is 17.8 Å². The average Bonchev–Trinajstić information content (AvgIpc) is 2.62. The van der Waals surface area contributed by atoms with Gasteiger partial charge >= 0.3 is 0 Å². The third-order valence-corrected chi connectivity index (χ3v) is 3.77. The molecule has 0 aromatic carbocycles. The Morgan fingerprint density at radius 3 is 2.67 bits per heavy atom. The summed E-state index contributed by atoms with van der Waals surface area (Å²) in [6.07, 6.45) is 9.75. The minimum absolute atomic E-state index is 0.977. The molecule has 0 amide bonds. The summed E-state index contributed by atoms with van der Waals surface area (Å²) in [5.74, 6) is 3.02. The molecular weight excluding hydrogens is 144 g/mol. The zero-order chi connectivity index (χ0) is 8.55. The van der Waals surface area contributed by atoms with E-state index >= 15 is 0 Å². The SMILES string of the molecule is CCCC1CC2CC1C=C2CC. The van der Waals surface area contributed by atoms with Gasteiger partial charge in [0.15, 0.2) is 0 Å². The average molecular weight is 164 g/mol. The number of hydrogen-bond acceptors (Lipinski definition) is 0. The van der Waals surface area contributed by atoms with E-state index in [9.17, 15) is 0 Å². The Kier molecular flexibility index (Phi) is 2.25. The van der Waals surface area contributed by atoms with E-state index in [-0.39, 0.29) is 0 Å². The van der Waals surface area contributed by atoms with Gasteiger partial charge in [-0.05, 0) is 37.0 Å². The molecule has 0 aromatic heterocycles. The Labute approximate surface area is 76.1 Å². The van der Waals surface area contributed by atoms with Gasteiger partial charge in [0.25, 0.3) is 0 Å². The van der Waals surface area contributed by atoms with Crippen LogP contribution in [0, 0.1) is 17.8 Å². The highest BCUT2D eigenvalue weighted by atomic mass is 14.4. The van der Waals surface area contributed by atoms with E-state index in [0.717, 1.165) is 17.8 Å². The maximum atomic E-state index is 2.59. The van der Waals surface area contributed by atoms with Gasteiger partial charge in [-0.15, -0.1) is 0 Å². The van der Waals surface area contributed by atoms with Gasteiger partial charge in [-0.3, -0.25) is 0 Å². The lowest BCUT2D eigenvalue weighted by Crippen LogP contribution is -2.08. The van der Waals surface area contributed by atoms with Crippen LogP contribution in [0.2, 0.25) is 0 Å². The van der Waals surface area contributed by atoms with Gasteiger partial charge in [0, 0.05) is 0 Å². The molecule has 0 saturated heterocycles. The van der Waals surface area contributed by atoms with Crippen LogP contribution in [0.25, 0.3) is 0 Å². The Morgan fingerprint density at radius 2 is 2.17 bits per heavy atom. The maximum Gasteiger partial charge on any atom is -0.0195 e. The topological polar surface area (TPSA) is 0 Å². The van der Waals surface area contributed by atoms with Crippen LogP contribution in [0.5, 0.6) is 0 Å². The largest absolute Gasteiger partial charge is 0.0816 e. The Morgan fingerprint density at radius 1 is 1.33 bits per heavy atom. The fourth-order valence-corrected chi connectivity index (χ4v) is 3.18. The minimum atomic E-state index is 0.977. The maximum absolute atomic E-state index is 2.59. The molecule has 2 aliphatic rings. The molecule has 0 spiro atoms. The quantitative estimate of drug-likeness (QED) is 0.557. The standard InChI is InChI=1S/C12H20/c1-3-5-10-7-11-8-12(10)6-9(11)4-2/h6,10-12H,3-5,7-8H2,1-2H3. The summed E-state index contributed by atoms with van der Waals surface area (Å²) < 4.78 is 0. The predicted molar refractivity (Wildman–Crippen MR) is 53.0 cm³/mol. The van der Waals surface area contributed by atoms with Gasteiger partial charge < -0.3 is 0 Å². The van der Waals surface area contributed by atoms with Crippen molar-refractivity contribution >= 4 is 0 Å². The molecule has 0 heterocycles. The molecule has 12 heavy (non-hydrogen) atoms. The summed E-state index contributed by atoms with van der Waals surface area (Å²) in [5, 5.41) is 0. The van der Waals surface area contributed by atoms with Crippen molar-refractivity contribution in [3.05, 3.63) is 11.6 Å². The van der Waals surface area contributed by atoms with Gasteiger partial charge in [0.05, 0.1) is 0 Å². The van der Waals surface area contributed by atoms with Crippen molar-refractivity contribution in [2.45, 2.75) is 46.0 Å². The molecule has 0 heteroatoms. The molecule has 68 valence electrons. The van der Waals surface area contributed by atoms with E-state index in [1.807, 2.05) is 0 Å². The summed E-state index contributed by atoms with van der Waals surface area (Å²) in [7, 11) is 0. The summed E-state index contributed by atoms with van der Waals surface area (Å²) in [4.78, 5) is 0. The highest BCUT2D eigenvalue weighted by Crippen LogP contribution is 2.49. The van der Waals surface area contributed by atoms with Crippen LogP contribution in [0.1, 0.15) is 46.0 Å². The second-order valence-corrected chi connectivity index (χ2v) is 4.48. The van der Waals surface area contributed by atoms with E-state index in [1.54, 1.807) is 5.57 Å². The fraction of sp³-hybridized carbons (Fsp3) is 0.833. The van der Waals surface area contributed by atoms with E-state index in [0.29, 0.717) is 0 Å². The molecule has 0 aromatic rings. The first-order valence-corrected chi connectivity index (χ1v) is 5.55. The zero-order valence-corrected chi connectivity index (χ0v) is 8.34. The summed E-state index contributed by atoms with van der Waals surface area (Å²) in [5.41, 5.74) is 1.77. The van der Waals surface area contributed by atoms with E-state index < -0.39 is 0 Å². The lowest BCUT2D eigenvalue weighted by atomic mass is 9.86. The molecule has 0 nitrogen and oxygen atoms in total. The summed E-state index contributed by atoms with van der Waals surface area (Å²) in [6.45, 7) is 4.62. The van der Waals surface area contributed by atoms with Crippen molar-refractivity contribution < 1.29 is 0 Å². The first-order chi connectivity index (χ1) is 5.85. The number of allylic oxidation sites excluding steroid dienone is 2. The van der Waals surface area contributed by atoms with Crippen LogP contribution < -0.4 is 0 Å². The second-order valence-electron chi connectivity index (χ2n) is 4.48. The minimum Gasteiger partial charge on any atom is -0.0816 e. The lowest BCUT2D eigenvalue weighted by Gasteiger charge is -2.20. The number of hydrogen-bond donors (Lipinski definition) is 0. The van der Waals surface area contributed by atoms with Gasteiger partial charge in [0.2, 0.25) is 0 Å². The lowest BCUT2D eigenvalue weighted by molar-refractivity contribution is 0.405. The zero-order valence-electron chi connectivity index (χ0n) is 8.34. The normalized spacial score (nSPS) is 38.8. The highest BCUT2D eigenvalue weighted by molar-refractivity contribution is 5.20. The van der Waals surface area contributed by atoms with Crippen LogP contribution in [-0.2, 0) is 0 Å². The second kappa shape index (κ2) is 3.24. The molecule has 3 atom stereocenters. The van der Waals surface area contributed by atoms with E-state index in [4.69, 9.17) is 0 Å². The van der Waals surface area contributed by atoms with Crippen molar-refractivity contribution in [1.29, 1.82) is 0 Å².